The molecule has 0 saturated heterocycles. The van der Waals surface area contributed by atoms with Crippen molar-refractivity contribution in [3.05, 3.63) is 11.6 Å². The summed E-state index contributed by atoms with van der Waals surface area (Å²) in [4.78, 5) is 10.7. The molecular weight excluding hydrogens is 320 g/mol. The fourth-order valence-corrected chi connectivity index (χ4v) is 3.45. The monoisotopic (exact) mass is 366 g/mol. The van der Waals surface area contributed by atoms with Gasteiger partial charge in [0, 0.05) is 5.57 Å². The Morgan fingerprint density at radius 3 is 1.23 bits per heavy atom. The van der Waals surface area contributed by atoms with E-state index in [1.807, 2.05) is 6.08 Å². The van der Waals surface area contributed by atoms with E-state index in [9.17, 15) is 4.79 Å². The normalized spacial score (nSPS) is 11.8. The van der Waals surface area contributed by atoms with Crippen LogP contribution in [0.25, 0.3) is 0 Å². The van der Waals surface area contributed by atoms with Crippen molar-refractivity contribution in [3.8, 4) is 0 Å². The number of unbranched alkanes of at least 4 members (excludes halogenated alkanes) is 18. The van der Waals surface area contributed by atoms with Gasteiger partial charge in [-0.2, -0.15) is 0 Å². The Morgan fingerprint density at radius 1 is 0.615 bits per heavy atom. The number of allylic oxidation sites excluding steroid dienone is 1. The van der Waals surface area contributed by atoms with Gasteiger partial charge in [-0.05, 0) is 19.8 Å². The Morgan fingerprint density at radius 2 is 0.923 bits per heavy atom. The molecular formula is C24H46O2. The molecule has 0 radical (unpaired) electrons. The third kappa shape index (κ3) is 19.5. The largest absolute Gasteiger partial charge is 0.478 e. The molecule has 0 spiro atoms. The van der Waals surface area contributed by atoms with Crippen molar-refractivity contribution >= 4 is 5.97 Å². The van der Waals surface area contributed by atoms with Gasteiger partial charge in [0.2, 0.25) is 0 Å². The van der Waals surface area contributed by atoms with Gasteiger partial charge in [-0.3, -0.25) is 0 Å². The predicted octanol–water partition coefficient (Wildman–Crippen LogP) is 8.45. The Kier molecular flexibility index (Phi) is 19.9. The van der Waals surface area contributed by atoms with Gasteiger partial charge in [0.25, 0.3) is 0 Å². The number of aliphatic carboxylic acids is 1. The van der Waals surface area contributed by atoms with Gasteiger partial charge in [0.05, 0.1) is 0 Å². The lowest BCUT2D eigenvalue weighted by Gasteiger charge is -2.03. The summed E-state index contributed by atoms with van der Waals surface area (Å²) in [5, 5.41) is 8.77. The molecule has 0 aliphatic rings. The van der Waals surface area contributed by atoms with Crippen LogP contribution in [0.4, 0.5) is 0 Å². The summed E-state index contributed by atoms with van der Waals surface area (Å²) in [6.45, 7) is 3.96. The SMILES string of the molecule is CCCCCCCCCCCCCCCCCCCCC=C(C)C(=O)O. The smallest absolute Gasteiger partial charge is 0.330 e. The fourth-order valence-electron chi connectivity index (χ4n) is 3.45. The summed E-state index contributed by atoms with van der Waals surface area (Å²) in [5.74, 6) is -0.785. The van der Waals surface area contributed by atoms with E-state index in [0.717, 1.165) is 12.8 Å². The number of carboxylic acids is 1. The van der Waals surface area contributed by atoms with E-state index >= 15 is 0 Å². The fraction of sp³-hybridized carbons (Fsp3) is 0.875. The molecule has 1 N–H and O–H groups in total. The molecule has 0 aliphatic heterocycles. The first-order chi connectivity index (χ1) is 12.7. The topological polar surface area (TPSA) is 37.3 Å². The second-order valence-electron chi connectivity index (χ2n) is 7.99. The van der Waals surface area contributed by atoms with Crippen LogP contribution in [0.5, 0.6) is 0 Å². The molecule has 0 aliphatic carbocycles. The lowest BCUT2D eigenvalue weighted by Crippen LogP contribution is -1.95. The minimum Gasteiger partial charge on any atom is -0.478 e. The molecule has 154 valence electrons. The summed E-state index contributed by atoms with van der Waals surface area (Å²) >= 11 is 0. The second kappa shape index (κ2) is 20.5. The molecule has 0 rings (SSSR count). The Labute approximate surface area is 163 Å². The Hall–Kier alpha value is -0.790. The van der Waals surface area contributed by atoms with Gasteiger partial charge in [0.1, 0.15) is 0 Å². The average molecular weight is 367 g/mol. The van der Waals surface area contributed by atoms with E-state index in [1.54, 1.807) is 6.92 Å². The standard InChI is InChI=1S/C24H46O2/c1-3-4-5-6-7-8-9-10-11-12-13-14-15-16-17-18-19-20-21-22-23(2)24(25)26/h22H,3-21H2,1-2H3,(H,25,26). The number of hydrogen-bond donors (Lipinski definition) is 1. The minimum atomic E-state index is -0.785. The Balaban J connectivity index is 3.09. The Bertz CT molecular complexity index is 333. The van der Waals surface area contributed by atoms with Gasteiger partial charge in [-0.25, -0.2) is 4.79 Å². The van der Waals surface area contributed by atoms with E-state index in [4.69, 9.17) is 5.11 Å². The van der Waals surface area contributed by atoms with Gasteiger partial charge in [-0.15, -0.1) is 0 Å². The minimum absolute atomic E-state index is 0.483. The number of hydrogen-bond acceptors (Lipinski definition) is 1. The first kappa shape index (κ1) is 25.2. The van der Waals surface area contributed by atoms with Crippen LogP contribution in [0.2, 0.25) is 0 Å². The highest BCUT2D eigenvalue weighted by molar-refractivity contribution is 5.85. The van der Waals surface area contributed by atoms with E-state index in [2.05, 4.69) is 6.92 Å². The van der Waals surface area contributed by atoms with Crippen molar-refractivity contribution in [1.82, 2.24) is 0 Å². The highest BCUT2D eigenvalue weighted by Gasteiger charge is 1.98. The molecule has 0 atom stereocenters. The molecule has 0 aromatic rings. The summed E-state index contributed by atoms with van der Waals surface area (Å²) in [5.41, 5.74) is 0.483. The summed E-state index contributed by atoms with van der Waals surface area (Å²) < 4.78 is 0. The first-order valence-corrected chi connectivity index (χ1v) is 11.6. The van der Waals surface area contributed by atoms with Gasteiger partial charge >= 0.3 is 5.97 Å². The van der Waals surface area contributed by atoms with Crippen LogP contribution in [0.15, 0.2) is 11.6 Å². The van der Waals surface area contributed by atoms with Crippen LogP contribution in [-0.4, -0.2) is 11.1 Å². The predicted molar refractivity (Wildman–Crippen MR) is 115 cm³/mol. The van der Waals surface area contributed by atoms with Crippen LogP contribution in [-0.2, 0) is 4.79 Å². The first-order valence-electron chi connectivity index (χ1n) is 11.6. The van der Waals surface area contributed by atoms with E-state index in [1.165, 1.54) is 109 Å². The van der Waals surface area contributed by atoms with Gasteiger partial charge in [0.15, 0.2) is 0 Å². The molecule has 0 unspecified atom stereocenters. The number of carbonyl (C=O) groups is 1. The molecule has 0 amide bonds. The van der Waals surface area contributed by atoms with Crippen molar-refractivity contribution in [3.63, 3.8) is 0 Å². The van der Waals surface area contributed by atoms with Crippen LogP contribution in [0.3, 0.4) is 0 Å². The molecule has 2 heteroatoms. The van der Waals surface area contributed by atoms with Crippen LogP contribution < -0.4 is 0 Å². The highest BCUT2D eigenvalue weighted by Crippen LogP contribution is 2.14. The van der Waals surface area contributed by atoms with Crippen molar-refractivity contribution in [2.24, 2.45) is 0 Å². The lowest BCUT2D eigenvalue weighted by atomic mass is 10.0. The van der Waals surface area contributed by atoms with Crippen LogP contribution in [0.1, 0.15) is 136 Å². The maximum Gasteiger partial charge on any atom is 0.330 e. The maximum absolute atomic E-state index is 10.7. The molecule has 0 saturated carbocycles. The van der Waals surface area contributed by atoms with E-state index in [-0.39, 0.29) is 0 Å². The summed E-state index contributed by atoms with van der Waals surface area (Å²) in [6, 6.07) is 0. The zero-order valence-corrected chi connectivity index (χ0v) is 17.9. The third-order valence-corrected chi connectivity index (χ3v) is 5.35. The van der Waals surface area contributed by atoms with Crippen LogP contribution >= 0.6 is 0 Å². The molecule has 0 aromatic heterocycles. The molecule has 2 nitrogen and oxygen atoms in total. The van der Waals surface area contributed by atoms with Crippen molar-refractivity contribution in [2.45, 2.75) is 136 Å². The molecule has 0 bridgehead atoms. The zero-order valence-electron chi connectivity index (χ0n) is 17.9. The molecule has 26 heavy (non-hydrogen) atoms. The lowest BCUT2D eigenvalue weighted by molar-refractivity contribution is -0.132. The molecule has 0 aromatic carbocycles. The summed E-state index contributed by atoms with van der Waals surface area (Å²) in [6.07, 6.45) is 27.8. The van der Waals surface area contributed by atoms with Crippen molar-refractivity contribution in [2.75, 3.05) is 0 Å². The average Bonchev–Trinajstić information content (AvgIpc) is 2.63. The number of carboxylic acid groups (broad SMARTS) is 1. The second-order valence-corrected chi connectivity index (χ2v) is 7.99. The van der Waals surface area contributed by atoms with Gasteiger partial charge in [-0.1, -0.05) is 122 Å². The van der Waals surface area contributed by atoms with Gasteiger partial charge < -0.3 is 5.11 Å². The van der Waals surface area contributed by atoms with E-state index < -0.39 is 5.97 Å². The highest BCUT2D eigenvalue weighted by atomic mass is 16.4. The molecule has 0 heterocycles. The van der Waals surface area contributed by atoms with Crippen LogP contribution in [0, 0.1) is 0 Å². The molecule has 0 fully saturated rings. The zero-order chi connectivity index (χ0) is 19.3. The summed E-state index contributed by atoms with van der Waals surface area (Å²) in [7, 11) is 0. The van der Waals surface area contributed by atoms with E-state index in [0.29, 0.717) is 5.57 Å². The van der Waals surface area contributed by atoms with Crippen molar-refractivity contribution in [1.29, 1.82) is 0 Å². The third-order valence-electron chi connectivity index (χ3n) is 5.35. The number of rotatable bonds is 20. The maximum atomic E-state index is 10.7. The quantitative estimate of drug-likeness (QED) is 0.173. The van der Waals surface area contributed by atoms with Crippen molar-refractivity contribution < 1.29 is 9.90 Å².